The third kappa shape index (κ3) is 4.10. The van der Waals surface area contributed by atoms with Crippen LogP contribution in [-0.2, 0) is 0 Å². The first-order valence-electron chi connectivity index (χ1n) is 5.95. The van der Waals surface area contributed by atoms with Gasteiger partial charge in [0.2, 0.25) is 0 Å². The lowest BCUT2D eigenvalue weighted by molar-refractivity contribution is 0.415. The van der Waals surface area contributed by atoms with E-state index in [4.69, 9.17) is 16.3 Å². The Balaban J connectivity index is 2.06. The highest BCUT2D eigenvalue weighted by Crippen LogP contribution is 2.19. The summed E-state index contributed by atoms with van der Waals surface area (Å²) >= 11 is 5.38. The molecule has 2 aromatic rings. The fraction of sp³-hybridized carbons (Fsp3) is 0.0667. The minimum atomic E-state index is -0.836. The van der Waals surface area contributed by atoms with Crippen molar-refractivity contribution in [3.8, 4) is 5.75 Å². The molecule has 0 radical (unpaired) electrons. The van der Waals surface area contributed by atoms with Crippen molar-refractivity contribution < 1.29 is 13.5 Å². The SMILES string of the molecule is COc1ccc(C=NN=Cc2cc(F)c(Cl)c(F)c2)cc1. The van der Waals surface area contributed by atoms with E-state index in [9.17, 15) is 8.78 Å². The van der Waals surface area contributed by atoms with E-state index >= 15 is 0 Å². The summed E-state index contributed by atoms with van der Waals surface area (Å²) in [6.07, 6.45) is 2.75. The number of nitrogens with zero attached hydrogens (tertiary/aromatic N) is 2. The Kier molecular flexibility index (Phi) is 5.00. The number of ether oxygens (including phenoxy) is 1. The van der Waals surface area contributed by atoms with Crippen LogP contribution in [0.5, 0.6) is 5.75 Å². The Morgan fingerprint density at radius 1 is 0.952 bits per heavy atom. The Morgan fingerprint density at radius 2 is 1.48 bits per heavy atom. The molecule has 0 aromatic heterocycles. The van der Waals surface area contributed by atoms with Crippen LogP contribution in [-0.4, -0.2) is 19.5 Å². The third-order valence-electron chi connectivity index (χ3n) is 2.60. The van der Waals surface area contributed by atoms with Gasteiger partial charge in [0.1, 0.15) is 22.4 Å². The Labute approximate surface area is 125 Å². The van der Waals surface area contributed by atoms with E-state index in [0.29, 0.717) is 0 Å². The van der Waals surface area contributed by atoms with Gasteiger partial charge in [0.25, 0.3) is 0 Å². The summed E-state index contributed by atoms with van der Waals surface area (Å²) in [4.78, 5) is 0. The lowest BCUT2D eigenvalue weighted by Crippen LogP contribution is -1.89. The average molecular weight is 309 g/mol. The molecule has 0 heterocycles. The van der Waals surface area contributed by atoms with E-state index in [1.165, 1.54) is 12.4 Å². The van der Waals surface area contributed by atoms with Gasteiger partial charge in [-0.25, -0.2) is 8.78 Å². The number of halogens is 3. The van der Waals surface area contributed by atoms with Gasteiger partial charge in [0.05, 0.1) is 19.5 Å². The Bertz CT molecular complexity index is 662. The van der Waals surface area contributed by atoms with E-state index in [0.717, 1.165) is 23.4 Å². The van der Waals surface area contributed by atoms with E-state index in [2.05, 4.69) is 10.2 Å². The Hall–Kier alpha value is -2.27. The molecule has 0 N–H and O–H groups in total. The van der Waals surface area contributed by atoms with Crippen LogP contribution < -0.4 is 4.74 Å². The molecule has 2 rings (SSSR count). The van der Waals surface area contributed by atoms with Gasteiger partial charge in [-0.1, -0.05) is 11.6 Å². The van der Waals surface area contributed by atoms with Crippen molar-refractivity contribution >= 4 is 24.0 Å². The van der Waals surface area contributed by atoms with Crippen molar-refractivity contribution in [1.82, 2.24) is 0 Å². The lowest BCUT2D eigenvalue weighted by atomic mass is 10.2. The van der Waals surface area contributed by atoms with Crippen molar-refractivity contribution in [3.05, 3.63) is 64.2 Å². The number of hydrogen-bond acceptors (Lipinski definition) is 3. The van der Waals surface area contributed by atoms with Crippen molar-refractivity contribution in [1.29, 1.82) is 0 Å². The quantitative estimate of drug-likeness (QED) is 0.476. The van der Waals surface area contributed by atoms with Gasteiger partial charge in [0.15, 0.2) is 0 Å². The van der Waals surface area contributed by atoms with Crippen LogP contribution in [0.25, 0.3) is 0 Å². The highest BCUT2D eigenvalue weighted by molar-refractivity contribution is 6.30. The zero-order valence-electron chi connectivity index (χ0n) is 11.1. The second kappa shape index (κ2) is 6.95. The van der Waals surface area contributed by atoms with Crippen LogP contribution in [0, 0.1) is 11.6 Å². The number of rotatable bonds is 4. The molecule has 0 aliphatic carbocycles. The monoisotopic (exact) mass is 308 g/mol. The molecule has 0 saturated carbocycles. The highest BCUT2D eigenvalue weighted by Gasteiger charge is 2.07. The largest absolute Gasteiger partial charge is 0.497 e. The van der Waals surface area contributed by atoms with Gasteiger partial charge < -0.3 is 4.74 Å². The van der Waals surface area contributed by atoms with Crippen molar-refractivity contribution in [2.24, 2.45) is 10.2 Å². The van der Waals surface area contributed by atoms with Crippen LogP contribution in [0.3, 0.4) is 0 Å². The summed E-state index contributed by atoms with van der Waals surface area (Å²) in [5.41, 5.74) is 1.06. The van der Waals surface area contributed by atoms with Gasteiger partial charge in [0, 0.05) is 5.56 Å². The first-order chi connectivity index (χ1) is 10.1. The van der Waals surface area contributed by atoms with Gasteiger partial charge in [-0.2, -0.15) is 10.2 Å². The zero-order valence-corrected chi connectivity index (χ0v) is 11.8. The van der Waals surface area contributed by atoms with Crippen LogP contribution in [0.1, 0.15) is 11.1 Å². The molecule has 0 unspecified atom stereocenters. The standard InChI is InChI=1S/C15H11ClF2N2O/c1-21-12-4-2-10(3-5-12)8-19-20-9-11-6-13(17)15(16)14(18)7-11/h2-9H,1H3. The van der Waals surface area contributed by atoms with Crippen LogP contribution >= 0.6 is 11.6 Å². The van der Waals surface area contributed by atoms with E-state index in [1.54, 1.807) is 31.4 Å². The average Bonchev–Trinajstić information content (AvgIpc) is 2.49. The molecule has 0 fully saturated rings. The van der Waals surface area contributed by atoms with Crippen molar-refractivity contribution in [2.75, 3.05) is 7.11 Å². The fourth-order valence-corrected chi connectivity index (χ4v) is 1.65. The van der Waals surface area contributed by atoms with Gasteiger partial charge >= 0.3 is 0 Å². The second-order valence-electron chi connectivity index (χ2n) is 4.06. The zero-order chi connectivity index (χ0) is 15.2. The fourth-order valence-electron chi connectivity index (χ4n) is 1.54. The maximum Gasteiger partial charge on any atom is 0.145 e. The predicted molar refractivity (Wildman–Crippen MR) is 79.6 cm³/mol. The summed E-state index contributed by atoms with van der Waals surface area (Å²) < 4.78 is 31.4. The first kappa shape index (κ1) is 15.1. The van der Waals surface area contributed by atoms with E-state index in [1.807, 2.05) is 0 Å². The summed E-state index contributed by atoms with van der Waals surface area (Å²) in [5.74, 6) is -0.933. The number of benzene rings is 2. The molecule has 3 nitrogen and oxygen atoms in total. The van der Waals surface area contributed by atoms with E-state index < -0.39 is 16.7 Å². The number of hydrogen-bond donors (Lipinski definition) is 0. The molecule has 0 aliphatic heterocycles. The molecule has 0 amide bonds. The van der Waals surface area contributed by atoms with Gasteiger partial charge in [-0.3, -0.25) is 0 Å². The molecular formula is C15H11ClF2N2O. The second-order valence-corrected chi connectivity index (χ2v) is 4.44. The normalized spacial score (nSPS) is 11.4. The molecule has 0 spiro atoms. The van der Waals surface area contributed by atoms with Crippen molar-refractivity contribution in [3.63, 3.8) is 0 Å². The maximum atomic E-state index is 13.2. The smallest absolute Gasteiger partial charge is 0.145 e. The highest BCUT2D eigenvalue weighted by atomic mass is 35.5. The lowest BCUT2D eigenvalue weighted by Gasteiger charge is -1.98. The third-order valence-corrected chi connectivity index (χ3v) is 2.96. The Morgan fingerprint density at radius 3 is 2.00 bits per heavy atom. The minimum absolute atomic E-state index is 0.237. The van der Waals surface area contributed by atoms with Crippen LogP contribution in [0.2, 0.25) is 5.02 Å². The molecule has 0 bridgehead atoms. The van der Waals surface area contributed by atoms with Gasteiger partial charge in [-0.05, 0) is 42.0 Å². The maximum absolute atomic E-state index is 13.2. The molecule has 21 heavy (non-hydrogen) atoms. The summed E-state index contributed by atoms with van der Waals surface area (Å²) in [6.45, 7) is 0. The molecule has 0 saturated heterocycles. The van der Waals surface area contributed by atoms with E-state index in [-0.39, 0.29) is 5.56 Å². The van der Waals surface area contributed by atoms with Crippen LogP contribution in [0.4, 0.5) is 8.78 Å². The minimum Gasteiger partial charge on any atom is -0.497 e. The predicted octanol–water partition coefficient (Wildman–Crippen LogP) is 4.08. The van der Waals surface area contributed by atoms with Crippen molar-refractivity contribution in [2.45, 2.75) is 0 Å². The van der Waals surface area contributed by atoms with Crippen LogP contribution in [0.15, 0.2) is 46.6 Å². The molecular weight excluding hydrogens is 298 g/mol. The first-order valence-corrected chi connectivity index (χ1v) is 6.33. The molecule has 108 valence electrons. The molecule has 2 aromatic carbocycles. The number of methoxy groups -OCH3 is 1. The summed E-state index contributed by atoms with van der Waals surface area (Å²) in [5, 5.41) is 6.99. The summed E-state index contributed by atoms with van der Waals surface area (Å²) in [7, 11) is 1.58. The molecule has 0 aliphatic rings. The molecule has 6 heteroatoms. The van der Waals surface area contributed by atoms with Gasteiger partial charge in [-0.15, -0.1) is 0 Å². The molecule has 0 atom stereocenters. The summed E-state index contributed by atoms with van der Waals surface area (Å²) in [6, 6.07) is 9.35. The topological polar surface area (TPSA) is 34.0 Å².